The van der Waals surface area contributed by atoms with E-state index in [9.17, 15) is 4.79 Å². The molecule has 0 bridgehead atoms. The highest BCUT2D eigenvalue weighted by Crippen LogP contribution is 2.28. The molecule has 0 saturated heterocycles. The van der Waals surface area contributed by atoms with Crippen molar-refractivity contribution in [3.63, 3.8) is 0 Å². The number of nitrogens with one attached hydrogen (secondary N) is 1. The Hall–Kier alpha value is -0.910. The molecule has 4 nitrogen and oxygen atoms in total. The minimum absolute atomic E-state index is 0.295. The number of hydrogen-bond donors (Lipinski definition) is 2. The van der Waals surface area contributed by atoms with E-state index < -0.39 is 5.97 Å². The summed E-state index contributed by atoms with van der Waals surface area (Å²) in [5.41, 5.74) is 1.34. The number of carboxylic acids is 1. The van der Waals surface area contributed by atoms with Gasteiger partial charge in [-0.2, -0.15) is 0 Å². The van der Waals surface area contributed by atoms with E-state index in [2.05, 4.69) is 21.2 Å². The van der Waals surface area contributed by atoms with E-state index in [4.69, 9.17) is 9.84 Å². The number of carbonyl (C=O) groups is 1. The van der Waals surface area contributed by atoms with Crippen molar-refractivity contribution in [1.29, 1.82) is 0 Å². The maximum absolute atomic E-state index is 10.8. The predicted molar refractivity (Wildman–Crippen MR) is 76.4 cm³/mol. The molecular formula is C14H18BrNO3. The lowest BCUT2D eigenvalue weighted by atomic mass is 10.1. The van der Waals surface area contributed by atoms with Crippen LogP contribution in [0.15, 0.2) is 22.7 Å². The van der Waals surface area contributed by atoms with Gasteiger partial charge in [-0.25, -0.2) is 4.79 Å². The van der Waals surface area contributed by atoms with Gasteiger partial charge in [0.2, 0.25) is 0 Å². The molecule has 104 valence electrons. The average molecular weight is 328 g/mol. The van der Waals surface area contributed by atoms with E-state index in [0.29, 0.717) is 12.1 Å². The fourth-order valence-corrected chi connectivity index (χ4v) is 2.24. The Kier molecular flexibility index (Phi) is 5.36. The highest BCUT2D eigenvalue weighted by atomic mass is 79.9. The first-order valence-electron chi connectivity index (χ1n) is 6.47. The van der Waals surface area contributed by atoms with E-state index >= 15 is 0 Å². The van der Waals surface area contributed by atoms with Gasteiger partial charge in [-0.1, -0.05) is 22.0 Å². The minimum Gasteiger partial charge on any atom is -0.478 e. The van der Waals surface area contributed by atoms with Crippen LogP contribution in [0.4, 0.5) is 0 Å². The summed E-state index contributed by atoms with van der Waals surface area (Å²) in [7, 11) is 0. The third kappa shape index (κ3) is 4.93. The molecular weight excluding hydrogens is 310 g/mol. The molecule has 0 aromatic heterocycles. The van der Waals surface area contributed by atoms with Gasteiger partial charge in [0.15, 0.2) is 0 Å². The second-order valence-corrected chi connectivity index (χ2v) is 5.66. The normalized spacial score (nSPS) is 14.6. The Bertz CT molecular complexity index is 446. The lowest BCUT2D eigenvalue weighted by molar-refractivity contribution is 0.0697. The summed E-state index contributed by atoms with van der Waals surface area (Å²) in [5.74, 6) is -0.105. The smallest absolute Gasteiger partial charge is 0.335 e. The summed E-state index contributed by atoms with van der Waals surface area (Å²) in [6.07, 6.45) is 2.63. The van der Waals surface area contributed by atoms with Crippen molar-refractivity contribution >= 4 is 21.9 Å². The molecule has 5 heteroatoms. The summed E-state index contributed by atoms with van der Waals surface area (Å²) < 4.78 is 6.34. The minimum atomic E-state index is -0.909. The van der Waals surface area contributed by atoms with Crippen molar-refractivity contribution in [2.75, 3.05) is 19.8 Å². The Morgan fingerprint density at radius 2 is 2.26 bits per heavy atom. The summed E-state index contributed by atoms with van der Waals surface area (Å²) >= 11 is 3.39. The predicted octanol–water partition coefficient (Wildman–Crippen LogP) is 2.66. The standard InChI is InChI=1S/C14H18BrNO3/c15-13-7-11(14(17)18)3-4-12(13)8-16-5-6-19-9-10-1-2-10/h3-4,7,10,16H,1-2,5-6,8-9H2,(H,17,18). The van der Waals surface area contributed by atoms with Crippen molar-refractivity contribution in [3.05, 3.63) is 33.8 Å². The van der Waals surface area contributed by atoms with Crippen LogP contribution in [0.3, 0.4) is 0 Å². The zero-order valence-corrected chi connectivity index (χ0v) is 12.3. The Morgan fingerprint density at radius 3 is 2.89 bits per heavy atom. The maximum Gasteiger partial charge on any atom is 0.335 e. The number of benzene rings is 1. The molecule has 2 rings (SSSR count). The van der Waals surface area contributed by atoms with Crippen molar-refractivity contribution < 1.29 is 14.6 Å². The Balaban J connectivity index is 1.68. The van der Waals surface area contributed by atoms with Crippen LogP contribution in [0.5, 0.6) is 0 Å². The highest BCUT2D eigenvalue weighted by Gasteiger charge is 2.20. The van der Waals surface area contributed by atoms with Crippen LogP contribution in [0.1, 0.15) is 28.8 Å². The zero-order valence-electron chi connectivity index (χ0n) is 10.7. The van der Waals surface area contributed by atoms with E-state index in [-0.39, 0.29) is 0 Å². The molecule has 0 radical (unpaired) electrons. The number of rotatable bonds is 8. The van der Waals surface area contributed by atoms with Crippen LogP contribution >= 0.6 is 15.9 Å². The monoisotopic (exact) mass is 327 g/mol. The zero-order chi connectivity index (χ0) is 13.7. The van der Waals surface area contributed by atoms with Crippen molar-refractivity contribution in [2.45, 2.75) is 19.4 Å². The largest absolute Gasteiger partial charge is 0.478 e. The number of ether oxygens (including phenoxy) is 1. The van der Waals surface area contributed by atoms with Gasteiger partial charge in [-0.15, -0.1) is 0 Å². The molecule has 1 saturated carbocycles. The second kappa shape index (κ2) is 7.03. The highest BCUT2D eigenvalue weighted by molar-refractivity contribution is 9.10. The van der Waals surface area contributed by atoms with E-state index in [1.807, 2.05) is 6.07 Å². The molecule has 1 aliphatic carbocycles. The van der Waals surface area contributed by atoms with Crippen molar-refractivity contribution in [2.24, 2.45) is 5.92 Å². The van der Waals surface area contributed by atoms with Crippen LogP contribution < -0.4 is 5.32 Å². The lowest BCUT2D eigenvalue weighted by Crippen LogP contribution is -2.20. The number of aromatic carboxylic acids is 1. The van der Waals surface area contributed by atoms with Crippen molar-refractivity contribution in [1.82, 2.24) is 5.32 Å². The molecule has 0 spiro atoms. The van der Waals surface area contributed by atoms with Gasteiger partial charge in [-0.3, -0.25) is 0 Å². The van der Waals surface area contributed by atoms with Crippen LogP contribution in [-0.4, -0.2) is 30.8 Å². The Morgan fingerprint density at radius 1 is 1.47 bits per heavy atom. The molecule has 1 aromatic rings. The first kappa shape index (κ1) is 14.5. The van der Waals surface area contributed by atoms with Crippen LogP contribution in [0, 0.1) is 5.92 Å². The topological polar surface area (TPSA) is 58.6 Å². The van der Waals surface area contributed by atoms with Gasteiger partial charge in [0.05, 0.1) is 12.2 Å². The van der Waals surface area contributed by atoms with E-state index in [0.717, 1.165) is 35.7 Å². The molecule has 1 aromatic carbocycles. The van der Waals surface area contributed by atoms with Crippen LogP contribution in [0.2, 0.25) is 0 Å². The fourth-order valence-electron chi connectivity index (χ4n) is 1.73. The van der Waals surface area contributed by atoms with E-state index in [1.54, 1.807) is 12.1 Å². The third-order valence-electron chi connectivity index (χ3n) is 3.09. The first-order chi connectivity index (χ1) is 9.16. The average Bonchev–Trinajstić information content (AvgIpc) is 3.19. The summed E-state index contributed by atoms with van der Waals surface area (Å²) in [5, 5.41) is 12.2. The molecule has 1 fully saturated rings. The molecule has 2 N–H and O–H groups in total. The fraction of sp³-hybridized carbons (Fsp3) is 0.500. The van der Waals surface area contributed by atoms with Gasteiger partial charge >= 0.3 is 5.97 Å². The number of halogens is 1. The summed E-state index contributed by atoms with van der Waals surface area (Å²) in [6.45, 7) is 3.12. The Labute approximate surface area is 121 Å². The second-order valence-electron chi connectivity index (χ2n) is 4.81. The van der Waals surface area contributed by atoms with Gasteiger partial charge in [-0.05, 0) is 36.5 Å². The van der Waals surface area contributed by atoms with E-state index in [1.165, 1.54) is 12.8 Å². The molecule has 0 atom stereocenters. The van der Waals surface area contributed by atoms with Gasteiger partial charge in [0, 0.05) is 24.2 Å². The lowest BCUT2D eigenvalue weighted by Gasteiger charge is -2.08. The first-order valence-corrected chi connectivity index (χ1v) is 7.26. The van der Waals surface area contributed by atoms with Crippen LogP contribution in [-0.2, 0) is 11.3 Å². The summed E-state index contributed by atoms with van der Waals surface area (Å²) in [6, 6.07) is 5.07. The third-order valence-corrected chi connectivity index (χ3v) is 3.83. The van der Waals surface area contributed by atoms with Gasteiger partial charge in [0.1, 0.15) is 0 Å². The van der Waals surface area contributed by atoms with Gasteiger partial charge in [0.25, 0.3) is 0 Å². The molecule has 0 heterocycles. The van der Waals surface area contributed by atoms with Crippen molar-refractivity contribution in [3.8, 4) is 0 Å². The van der Waals surface area contributed by atoms with Crippen LogP contribution in [0.25, 0.3) is 0 Å². The number of hydrogen-bond acceptors (Lipinski definition) is 3. The SMILES string of the molecule is O=C(O)c1ccc(CNCCOCC2CC2)c(Br)c1. The molecule has 19 heavy (non-hydrogen) atoms. The molecule has 1 aliphatic rings. The number of carboxylic acid groups (broad SMARTS) is 1. The molecule has 0 unspecified atom stereocenters. The maximum atomic E-state index is 10.8. The molecule has 0 amide bonds. The van der Waals surface area contributed by atoms with Gasteiger partial charge < -0.3 is 15.2 Å². The quantitative estimate of drug-likeness (QED) is 0.721. The summed E-state index contributed by atoms with van der Waals surface area (Å²) in [4.78, 5) is 10.8. The molecule has 0 aliphatic heterocycles.